The van der Waals surface area contributed by atoms with Gasteiger partial charge >= 0.3 is 0 Å². The number of hydrogen-bond donors (Lipinski definition) is 0. The summed E-state index contributed by atoms with van der Waals surface area (Å²) in [5, 5.41) is 0. The lowest BCUT2D eigenvalue weighted by molar-refractivity contribution is 0.592. The minimum absolute atomic E-state index is 0.153. The summed E-state index contributed by atoms with van der Waals surface area (Å²) in [6.45, 7) is 6.03. The highest BCUT2D eigenvalue weighted by molar-refractivity contribution is 7.90. The monoisotopic (exact) mass is 316 g/mol. The molecule has 0 aliphatic heterocycles. The van der Waals surface area contributed by atoms with Crippen LogP contribution in [0.5, 0.6) is 0 Å². The molecule has 22 heavy (non-hydrogen) atoms. The van der Waals surface area contributed by atoms with Crippen molar-refractivity contribution in [3.8, 4) is 0 Å². The Hall–Kier alpha value is -1.61. The summed E-state index contributed by atoms with van der Waals surface area (Å²) in [6.07, 6.45) is 1.49. The molecule has 0 heterocycles. The topological polar surface area (TPSA) is 34.1 Å². The van der Waals surface area contributed by atoms with Crippen LogP contribution in [0, 0.1) is 20.8 Å². The summed E-state index contributed by atoms with van der Waals surface area (Å²) in [4.78, 5) is 0. The first kappa shape index (κ1) is 16.8. The zero-order valence-corrected chi connectivity index (χ0v) is 14.4. The van der Waals surface area contributed by atoms with Crippen molar-refractivity contribution in [2.75, 3.05) is 5.75 Å². The molecule has 0 aliphatic rings. The molecule has 0 aliphatic carbocycles. The summed E-state index contributed by atoms with van der Waals surface area (Å²) in [6, 6.07) is 14.2. The van der Waals surface area contributed by atoms with E-state index in [4.69, 9.17) is 0 Å². The second-order valence-corrected chi connectivity index (χ2v) is 8.24. The van der Waals surface area contributed by atoms with Crippen molar-refractivity contribution in [2.24, 2.45) is 0 Å². The van der Waals surface area contributed by atoms with E-state index >= 15 is 0 Å². The van der Waals surface area contributed by atoms with Gasteiger partial charge in [-0.05, 0) is 55.9 Å². The Bertz CT molecular complexity index is 708. The number of aryl methyl sites for hydroxylation is 4. The van der Waals surface area contributed by atoms with Gasteiger partial charge in [0.05, 0.1) is 11.5 Å². The van der Waals surface area contributed by atoms with Crippen LogP contribution in [0.15, 0.2) is 42.5 Å². The molecule has 0 unspecified atom stereocenters. The standard InChI is InChI=1S/C19H24O2S/c1-15-12-16(2)19(17(3)13-15)14-22(20,21)11-7-10-18-8-5-4-6-9-18/h4-6,8-9,12-13H,7,10-11,14H2,1-3H3. The lowest BCUT2D eigenvalue weighted by Crippen LogP contribution is -2.12. The van der Waals surface area contributed by atoms with Gasteiger partial charge in [-0.3, -0.25) is 0 Å². The predicted octanol–water partition coefficient (Wildman–Crippen LogP) is 4.16. The van der Waals surface area contributed by atoms with Crippen LogP contribution in [-0.2, 0) is 22.0 Å². The number of hydrogen-bond acceptors (Lipinski definition) is 2. The van der Waals surface area contributed by atoms with Crippen molar-refractivity contribution in [3.63, 3.8) is 0 Å². The Morgan fingerprint density at radius 3 is 2.09 bits per heavy atom. The molecule has 0 saturated heterocycles. The van der Waals surface area contributed by atoms with Gasteiger partial charge in [0.25, 0.3) is 0 Å². The Balaban J connectivity index is 2.00. The average Bonchev–Trinajstić information content (AvgIpc) is 2.44. The first-order valence-electron chi connectivity index (χ1n) is 7.68. The minimum Gasteiger partial charge on any atom is -0.228 e. The maximum Gasteiger partial charge on any atom is 0.154 e. The molecule has 2 rings (SSSR count). The van der Waals surface area contributed by atoms with Crippen LogP contribution in [0.25, 0.3) is 0 Å². The molecule has 118 valence electrons. The third-order valence-corrected chi connectivity index (χ3v) is 5.61. The molecule has 0 atom stereocenters. The molecule has 0 bridgehead atoms. The van der Waals surface area contributed by atoms with Crippen LogP contribution in [0.4, 0.5) is 0 Å². The Morgan fingerprint density at radius 2 is 1.50 bits per heavy atom. The van der Waals surface area contributed by atoms with E-state index in [-0.39, 0.29) is 11.5 Å². The van der Waals surface area contributed by atoms with E-state index < -0.39 is 9.84 Å². The average molecular weight is 316 g/mol. The molecule has 0 aromatic heterocycles. The molecule has 2 nitrogen and oxygen atoms in total. The van der Waals surface area contributed by atoms with Crippen molar-refractivity contribution >= 4 is 9.84 Å². The minimum atomic E-state index is -3.06. The number of rotatable bonds is 6. The van der Waals surface area contributed by atoms with Crippen LogP contribution in [0.1, 0.15) is 34.2 Å². The normalized spacial score (nSPS) is 11.6. The molecular weight excluding hydrogens is 292 g/mol. The molecule has 0 radical (unpaired) electrons. The van der Waals surface area contributed by atoms with Crippen LogP contribution < -0.4 is 0 Å². The molecule has 2 aromatic carbocycles. The van der Waals surface area contributed by atoms with Gasteiger partial charge in [-0.25, -0.2) is 8.42 Å². The van der Waals surface area contributed by atoms with Gasteiger partial charge in [0.15, 0.2) is 9.84 Å². The molecule has 0 saturated carbocycles. The quantitative estimate of drug-likeness (QED) is 0.802. The van der Waals surface area contributed by atoms with Crippen molar-refractivity contribution in [1.82, 2.24) is 0 Å². The maximum absolute atomic E-state index is 12.4. The van der Waals surface area contributed by atoms with E-state index in [0.29, 0.717) is 6.42 Å². The van der Waals surface area contributed by atoms with E-state index in [1.54, 1.807) is 0 Å². The highest BCUT2D eigenvalue weighted by Gasteiger charge is 2.15. The smallest absolute Gasteiger partial charge is 0.154 e. The largest absolute Gasteiger partial charge is 0.228 e. The summed E-state index contributed by atoms with van der Waals surface area (Å²) in [5.74, 6) is 0.397. The second kappa shape index (κ2) is 7.10. The molecule has 2 aromatic rings. The van der Waals surface area contributed by atoms with Gasteiger partial charge in [0.1, 0.15) is 0 Å². The van der Waals surface area contributed by atoms with Crippen molar-refractivity contribution in [3.05, 3.63) is 70.3 Å². The lowest BCUT2D eigenvalue weighted by atomic mass is 10.0. The number of sulfone groups is 1. The van der Waals surface area contributed by atoms with Crippen molar-refractivity contribution < 1.29 is 8.42 Å². The molecule has 0 fully saturated rings. The highest BCUT2D eigenvalue weighted by Crippen LogP contribution is 2.20. The van der Waals surface area contributed by atoms with Gasteiger partial charge < -0.3 is 0 Å². The Labute approximate surface area is 134 Å². The molecular formula is C19H24O2S. The lowest BCUT2D eigenvalue weighted by Gasteiger charge is -2.12. The van der Waals surface area contributed by atoms with Gasteiger partial charge in [-0.2, -0.15) is 0 Å². The molecule has 3 heteroatoms. The van der Waals surface area contributed by atoms with E-state index in [9.17, 15) is 8.42 Å². The predicted molar refractivity (Wildman–Crippen MR) is 92.9 cm³/mol. The Morgan fingerprint density at radius 1 is 0.909 bits per heavy atom. The van der Waals surface area contributed by atoms with E-state index in [1.807, 2.05) is 51.1 Å². The first-order valence-corrected chi connectivity index (χ1v) is 9.50. The second-order valence-electron chi connectivity index (χ2n) is 6.06. The van der Waals surface area contributed by atoms with Crippen LogP contribution >= 0.6 is 0 Å². The van der Waals surface area contributed by atoms with Gasteiger partial charge in [-0.1, -0.05) is 48.0 Å². The van der Waals surface area contributed by atoms with E-state index in [2.05, 4.69) is 12.1 Å². The fraction of sp³-hybridized carbons (Fsp3) is 0.368. The third kappa shape index (κ3) is 4.70. The fourth-order valence-corrected chi connectivity index (χ4v) is 4.49. The zero-order valence-electron chi connectivity index (χ0n) is 13.6. The van der Waals surface area contributed by atoms with Gasteiger partial charge in [-0.15, -0.1) is 0 Å². The molecule has 0 spiro atoms. The summed E-state index contributed by atoms with van der Waals surface area (Å²) < 4.78 is 24.8. The fourth-order valence-electron chi connectivity index (χ4n) is 2.87. The van der Waals surface area contributed by atoms with Crippen LogP contribution in [-0.4, -0.2) is 14.2 Å². The van der Waals surface area contributed by atoms with Crippen molar-refractivity contribution in [2.45, 2.75) is 39.4 Å². The molecule has 0 N–H and O–H groups in total. The summed E-state index contributed by atoms with van der Waals surface area (Å²) in [7, 11) is -3.06. The maximum atomic E-state index is 12.4. The van der Waals surface area contributed by atoms with Gasteiger partial charge in [0, 0.05) is 0 Å². The summed E-state index contributed by atoms with van der Waals surface area (Å²) >= 11 is 0. The van der Waals surface area contributed by atoms with Crippen molar-refractivity contribution in [1.29, 1.82) is 0 Å². The van der Waals surface area contributed by atoms with Crippen LogP contribution in [0.2, 0.25) is 0 Å². The molecule has 0 amide bonds. The van der Waals surface area contributed by atoms with E-state index in [1.165, 1.54) is 11.1 Å². The van der Waals surface area contributed by atoms with Gasteiger partial charge in [0.2, 0.25) is 0 Å². The van der Waals surface area contributed by atoms with E-state index in [0.717, 1.165) is 23.1 Å². The summed E-state index contributed by atoms with van der Waals surface area (Å²) in [5.41, 5.74) is 5.49. The highest BCUT2D eigenvalue weighted by atomic mass is 32.2. The first-order chi connectivity index (χ1) is 10.4. The SMILES string of the molecule is Cc1cc(C)c(CS(=O)(=O)CCCc2ccccc2)c(C)c1. The zero-order chi connectivity index (χ0) is 16.2. The van der Waals surface area contributed by atoms with Crippen LogP contribution in [0.3, 0.4) is 0 Å². The third-order valence-electron chi connectivity index (χ3n) is 3.97. The number of benzene rings is 2. The Kier molecular flexibility index (Phi) is 5.41.